The number of aromatic nitrogens is 1. The fraction of sp³-hybridized carbons (Fsp3) is 0.750. The van der Waals surface area contributed by atoms with Crippen molar-refractivity contribution in [2.24, 2.45) is 0 Å². The zero-order valence-electron chi connectivity index (χ0n) is 14.7. The van der Waals surface area contributed by atoms with Crippen LogP contribution in [0.15, 0.2) is 10.6 Å². The molecule has 0 aliphatic carbocycles. The highest BCUT2D eigenvalue weighted by Gasteiger charge is 2.31. The Hall–Kier alpha value is -1.18. The van der Waals surface area contributed by atoms with Crippen molar-refractivity contribution in [2.75, 3.05) is 11.1 Å². The minimum Gasteiger partial charge on any atom is -0.338 e. The Balaban J connectivity index is 2.57. The lowest BCUT2D eigenvalue weighted by Crippen LogP contribution is -2.34. The highest BCUT2D eigenvalue weighted by molar-refractivity contribution is 8.01. The molecular formula is C16H25F3N2O2S. The zero-order chi connectivity index (χ0) is 18.6. The van der Waals surface area contributed by atoms with E-state index in [-0.39, 0.29) is 29.4 Å². The van der Waals surface area contributed by atoms with Crippen LogP contribution in [0.3, 0.4) is 0 Å². The summed E-state index contributed by atoms with van der Waals surface area (Å²) in [6.45, 7) is 9.43. The summed E-state index contributed by atoms with van der Waals surface area (Å²) < 4.78 is 40.7. The Kier molecular flexibility index (Phi) is 6.78. The number of halogens is 3. The fourth-order valence-electron chi connectivity index (χ4n) is 1.76. The number of rotatable bonds is 8. The van der Waals surface area contributed by atoms with Crippen LogP contribution in [-0.4, -0.2) is 27.7 Å². The first kappa shape index (κ1) is 20.9. The fourth-order valence-corrected chi connectivity index (χ4v) is 2.74. The number of anilines is 1. The van der Waals surface area contributed by atoms with Gasteiger partial charge in [0, 0.05) is 17.9 Å². The summed E-state index contributed by atoms with van der Waals surface area (Å²) in [6, 6.07) is 1.69. The van der Waals surface area contributed by atoms with Crippen LogP contribution in [0.4, 0.5) is 19.1 Å². The Labute approximate surface area is 144 Å². The van der Waals surface area contributed by atoms with Gasteiger partial charge in [0.25, 0.3) is 0 Å². The highest BCUT2D eigenvalue weighted by atomic mass is 32.2. The Morgan fingerprint density at radius 3 is 2.46 bits per heavy atom. The molecule has 0 radical (unpaired) electrons. The van der Waals surface area contributed by atoms with Gasteiger partial charge in [-0.3, -0.25) is 10.1 Å². The zero-order valence-corrected chi connectivity index (χ0v) is 15.5. The summed E-state index contributed by atoms with van der Waals surface area (Å²) in [5, 5.41) is 6.62. The number of amides is 1. The van der Waals surface area contributed by atoms with Gasteiger partial charge in [-0.05, 0) is 32.4 Å². The summed E-state index contributed by atoms with van der Waals surface area (Å²) in [4.78, 5) is 12.3. The van der Waals surface area contributed by atoms with E-state index in [4.69, 9.17) is 4.52 Å². The van der Waals surface area contributed by atoms with Gasteiger partial charge in [-0.15, -0.1) is 11.8 Å². The average molecular weight is 366 g/mol. The van der Waals surface area contributed by atoms with Crippen LogP contribution < -0.4 is 5.32 Å². The SMILES string of the molecule is CCC(C)(C)c1cc(NC(=O)C(C)(C)SCCCC(F)(F)F)on1. The predicted octanol–water partition coefficient (Wildman–Crippen LogP) is 5.16. The lowest BCUT2D eigenvalue weighted by Gasteiger charge is -2.22. The van der Waals surface area contributed by atoms with Gasteiger partial charge in [0.05, 0.1) is 10.4 Å². The highest BCUT2D eigenvalue weighted by Crippen LogP contribution is 2.31. The number of nitrogens with one attached hydrogen (secondary N) is 1. The van der Waals surface area contributed by atoms with E-state index in [0.29, 0.717) is 0 Å². The molecule has 4 nitrogen and oxygen atoms in total. The molecule has 0 saturated heterocycles. The Bertz CT molecular complexity index is 554. The molecule has 24 heavy (non-hydrogen) atoms. The van der Waals surface area contributed by atoms with E-state index in [1.165, 1.54) is 11.8 Å². The predicted molar refractivity (Wildman–Crippen MR) is 90.3 cm³/mol. The van der Waals surface area contributed by atoms with Gasteiger partial charge in [-0.1, -0.05) is 25.9 Å². The first-order valence-electron chi connectivity index (χ1n) is 7.87. The molecular weight excluding hydrogens is 341 g/mol. The van der Waals surface area contributed by atoms with Crippen molar-refractivity contribution in [1.82, 2.24) is 5.16 Å². The normalized spacial score (nSPS) is 13.2. The second kappa shape index (κ2) is 7.80. The topological polar surface area (TPSA) is 55.1 Å². The molecule has 1 rings (SSSR count). The van der Waals surface area contributed by atoms with Gasteiger partial charge in [0.1, 0.15) is 0 Å². The lowest BCUT2D eigenvalue weighted by molar-refractivity contribution is -0.134. The molecule has 1 amide bonds. The molecule has 1 N–H and O–H groups in total. The maximum absolute atomic E-state index is 12.3. The smallest absolute Gasteiger partial charge is 0.338 e. The summed E-state index contributed by atoms with van der Waals surface area (Å²) >= 11 is 1.19. The van der Waals surface area contributed by atoms with Gasteiger partial charge >= 0.3 is 6.18 Å². The van der Waals surface area contributed by atoms with Crippen molar-refractivity contribution in [3.05, 3.63) is 11.8 Å². The molecule has 8 heteroatoms. The molecule has 0 fully saturated rings. The van der Waals surface area contributed by atoms with Crippen LogP contribution in [0.25, 0.3) is 0 Å². The first-order chi connectivity index (χ1) is 10.9. The van der Waals surface area contributed by atoms with Crippen LogP contribution >= 0.6 is 11.8 Å². The lowest BCUT2D eigenvalue weighted by atomic mass is 9.87. The van der Waals surface area contributed by atoms with Gasteiger partial charge in [0.15, 0.2) is 0 Å². The Morgan fingerprint density at radius 2 is 1.92 bits per heavy atom. The molecule has 0 saturated carbocycles. The molecule has 1 aromatic rings. The number of thioether (sulfide) groups is 1. The van der Waals surface area contributed by atoms with Crippen molar-refractivity contribution in [3.63, 3.8) is 0 Å². The molecule has 0 aromatic carbocycles. The van der Waals surface area contributed by atoms with Gasteiger partial charge in [0.2, 0.25) is 11.8 Å². The molecule has 0 spiro atoms. The van der Waals surface area contributed by atoms with Gasteiger partial charge in [-0.25, -0.2) is 0 Å². The number of hydrogen-bond acceptors (Lipinski definition) is 4. The molecule has 0 unspecified atom stereocenters. The van der Waals surface area contributed by atoms with Crippen molar-refractivity contribution in [2.45, 2.75) is 70.2 Å². The van der Waals surface area contributed by atoms with E-state index in [1.807, 2.05) is 20.8 Å². The number of alkyl halides is 3. The Morgan fingerprint density at radius 1 is 1.29 bits per heavy atom. The number of nitrogens with zero attached hydrogens (tertiary/aromatic N) is 1. The summed E-state index contributed by atoms with van der Waals surface area (Å²) in [5.74, 6) is 0.182. The molecule has 0 aliphatic rings. The summed E-state index contributed by atoms with van der Waals surface area (Å²) in [5.41, 5.74) is 0.588. The molecule has 1 heterocycles. The molecule has 1 aromatic heterocycles. The summed E-state index contributed by atoms with van der Waals surface area (Å²) in [6.07, 6.45) is -4.14. The monoisotopic (exact) mass is 366 g/mol. The van der Waals surface area contributed by atoms with E-state index < -0.39 is 17.3 Å². The first-order valence-corrected chi connectivity index (χ1v) is 8.85. The maximum Gasteiger partial charge on any atom is 0.389 e. The second-order valence-corrected chi connectivity index (χ2v) is 8.56. The number of hydrogen-bond donors (Lipinski definition) is 1. The van der Waals surface area contributed by atoms with Crippen LogP contribution in [0.1, 0.15) is 59.6 Å². The van der Waals surface area contributed by atoms with E-state index in [9.17, 15) is 18.0 Å². The van der Waals surface area contributed by atoms with E-state index in [2.05, 4.69) is 10.5 Å². The van der Waals surface area contributed by atoms with Gasteiger partial charge in [-0.2, -0.15) is 13.2 Å². The second-order valence-electron chi connectivity index (χ2n) is 6.85. The van der Waals surface area contributed by atoms with E-state index >= 15 is 0 Å². The van der Waals surface area contributed by atoms with E-state index in [1.54, 1.807) is 19.9 Å². The molecule has 0 aliphatic heterocycles. The maximum atomic E-state index is 12.3. The quantitative estimate of drug-likeness (QED) is 0.646. The van der Waals surface area contributed by atoms with Crippen LogP contribution in [0, 0.1) is 0 Å². The number of carbonyl (C=O) groups is 1. The largest absolute Gasteiger partial charge is 0.389 e. The standard InChI is InChI=1S/C16H25F3N2O2S/c1-6-14(2,3)11-10-12(23-21-11)20-13(22)15(4,5)24-9-7-8-16(17,18)19/h10H,6-9H2,1-5H3,(H,20,22). The van der Waals surface area contributed by atoms with Crippen LogP contribution in [0.2, 0.25) is 0 Å². The minimum atomic E-state index is -4.16. The van der Waals surface area contributed by atoms with Crippen molar-refractivity contribution in [3.8, 4) is 0 Å². The van der Waals surface area contributed by atoms with Crippen molar-refractivity contribution < 1.29 is 22.5 Å². The molecule has 0 atom stereocenters. The van der Waals surface area contributed by atoms with Crippen LogP contribution in [-0.2, 0) is 10.2 Å². The van der Waals surface area contributed by atoms with Crippen molar-refractivity contribution in [1.29, 1.82) is 0 Å². The summed E-state index contributed by atoms with van der Waals surface area (Å²) in [7, 11) is 0. The molecule has 138 valence electrons. The minimum absolute atomic E-state index is 0.0119. The third-order valence-corrected chi connectivity index (χ3v) is 5.34. The van der Waals surface area contributed by atoms with Crippen molar-refractivity contribution >= 4 is 23.6 Å². The number of carbonyl (C=O) groups excluding carboxylic acids is 1. The third-order valence-electron chi connectivity index (χ3n) is 3.94. The molecule has 0 bridgehead atoms. The average Bonchev–Trinajstić information content (AvgIpc) is 2.92. The van der Waals surface area contributed by atoms with Crippen LogP contribution in [0.5, 0.6) is 0 Å². The van der Waals surface area contributed by atoms with Gasteiger partial charge < -0.3 is 4.52 Å². The third kappa shape index (κ3) is 6.37. The van der Waals surface area contributed by atoms with E-state index in [0.717, 1.165) is 12.1 Å².